The highest BCUT2D eigenvalue weighted by Gasteiger charge is 2.25. The maximum atomic E-state index is 12.4. The summed E-state index contributed by atoms with van der Waals surface area (Å²) < 4.78 is 32.4. The highest BCUT2D eigenvalue weighted by Crippen LogP contribution is 2.17. The standard InChI is InChI=1S/C20H25N3O5S/c1-15-4-6-18(7-5-15)29(26,27)22-11-16-3-2-9-23(13-16)19(24)12-21-20(25)17-8-10-28-14-17/h4-8,10,14,16,22H,2-3,9,11-13H2,1H3,(H,21,25). The average Bonchev–Trinajstić information content (AvgIpc) is 3.26. The van der Waals surface area contributed by atoms with E-state index in [1.165, 1.54) is 18.6 Å². The average molecular weight is 420 g/mol. The largest absolute Gasteiger partial charge is 0.472 e. The number of sulfonamides is 1. The van der Waals surface area contributed by atoms with Crippen molar-refractivity contribution in [2.45, 2.75) is 24.7 Å². The smallest absolute Gasteiger partial charge is 0.254 e. The number of amides is 2. The number of nitrogens with zero attached hydrogens (tertiary/aromatic N) is 1. The van der Waals surface area contributed by atoms with E-state index in [2.05, 4.69) is 10.0 Å². The number of benzene rings is 1. The molecule has 1 aromatic heterocycles. The Balaban J connectivity index is 1.49. The summed E-state index contributed by atoms with van der Waals surface area (Å²) in [4.78, 5) is 26.2. The molecule has 0 saturated carbocycles. The first kappa shape index (κ1) is 21.1. The van der Waals surface area contributed by atoms with E-state index < -0.39 is 10.0 Å². The molecule has 0 spiro atoms. The zero-order valence-electron chi connectivity index (χ0n) is 16.3. The third kappa shape index (κ3) is 5.68. The second kappa shape index (κ2) is 9.23. The Hall–Kier alpha value is -2.65. The van der Waals surface area contributed by atoms with Gasteiger partial charge < -0.3 is 14.6 Å². The zero-order chi connectivity index (χ0) is 20.9. The first-order chi connectivity index (χ1) is 13.8. The van der Waals surface area contributed by atoms with Crippen molar-refractivity contribution in [2.24, 2.45) is 5.92 Å². The van der Waals surface area contributed by atoms with Crippen molar-refractivity contribution in [3.8, 4) is 0 Å². The maximum Gasteiger partial charge on any atom is 0.254 e. The molecule has 1 saturated heterocycles. The number of piperidine rings is 1. The van der Waals surface area contributed by atoms with Crippen molar-refractivity contribution in [1.29, 1.82) is 0 Å². The highest BCUT2D eigenvalue weighted by atomic mass is 32.2. The molecule has 1 aromatic carbocycles. The van der Waals surface area contributed by atoms with Crippen LogP contribution in [0, 0.1) is 12.8 Å². The van der Waals surface area contributed by atoms with E-state index in [1.54, 1.807) is 29.2 Å². The number of carbonyl (C=O) groups excluding carboxylic acids is 2. The lowest BCUT2D eigenvalue weighted by atomic mass is 9.98. The van der Waals surface area contributed by atoms with Crippen LogP contribution in [0.5, 0.6) is 0 Å². The summed E-state index contributed by atoms with van der Waals surface area (Å²) >= 11 is 0. The minimum Gasteiger partial charge on any atom is -0.472 e. The van der Waals surface area contributed by atoms with Crippen LogP contribution in [0.2, 0.25) is 0 Å². The molecule has 3 rings (SSSR count). The molecule has 0 bridgehead atoms. The van der Waals surface area contributed by atoms with Crippen LogP contribution in [0.4, 0.5) is 0 Å². The molecule has 1 atom stereocenters. The Labute approximate surface area is 170 Å². The Morgan fingerprint density at radius 2 is 1.97 bits per heavy atom. The fraction of sp³-hybridized carbons (Fsp3) is 0.400. The van der Waals surface area contributed by atoms with Crippen molar-refractivity contribution in [1.82, 2.24) is 14.9 Å². The number of carbonyl (C=O) groups is 2. The lowest BCUT2D eigenvalue weighted by Crippen LogP contribution is -2.47. The molecule has 1 aliphatic heterocycles. The van der Waals surface area contributed by atoms with Crippen LogP contribution in [0.15, 0.2) is 52.2 Å². The number of rotatable bonds is 7. The van der Waals surface area contributed by atoms with Crippen LogP contribution in [0.1, 0.15) is 28.8 Å². The summed E-state index contributed by atoms with van der Waals surface area (Å²) in [6.07, 6.45) is 4.33. The molecule has 2 N–H and O–H groups in total. The number of aryl methyl sites for hydroxylation is 1. The summed E-state index contributed by atoms with van der Waals surface area (Å²) in [6, 6.07) is 8.20. The summed E-state index contributed by atoms with van der Waals surface area (Å²) in [5, 5.41) is 2.58. The molecule has 2 aromatic rings. The van der Waals surface area contributed by atoms with Crippen LogP contribution < -0.4 is 10.0 Å². The van der Waals surface area contributed by atoms with Gasteiger partial charge in [-0.25, -0.2) is 13.1 Å². The molecule has 156 valence electrons. The minimum atomic E-state index is -3.58. The molecule has 8 nitrogen and oxygen atoms in total. The molecule has 1 aliphatic rings. The molecular weight excluding hydrogens is 394 g/mol. The van der Waals surface area contributed by atoms with E-state index in [0.717, 1.165) is 18.4 Å². The van der Waals surface area contributed by atoms with Crippen molar-refractivity contribution >= 4 is 21.8 Å². The molecule has 1 fully saturated rings. The highest BCUT2D eigenvalue weighted by molar-refractivity contribution is 7.89. The topological polar surface area (TPSA) is 109 Å². The van der Waals surface area contributed by atoms with Gasteiger partial charge in [-0.05, 0) is 43.9 Å². The first-order valence-electron chi connectivity index (χ1n) is 9.49. The van der Waals surface area contributed by atoms with E-state index in [9.17, 15) is 18.0 Å². The van der Waals surface area contributed by atoms with Crippen LogP contribution in [-0.4, -0.2) is 51.3 Å². The SMILES string of the molecule is Cc1ccc(S(=O)(=O)NCC2CCCN(C(=O)CNC(=O)c3ccoc3)C2)cc1. The van der Waals surface area contributed by atoms with E-state index in [4.69, 9.17) is 4.42 Å². The van der Waals surface area contributed by atoms with Crippen molar-refractivity contribution < 1.29 is 22.4 Å². The van der Waals surface area contributed by atoms with Gasteiger partial charge in [0, 0.05) is 19.6 Å². The fourth-order valence-corrected chi connectivity index (χ4v) is 4.37. The molecule has 2 heterocycles. The Bertz CT molecular complexity index is 939. The van der Waals surface area contributed by atoms with E-state index in [1.807, 2.05) is 6.92 Å². The van der Waals surface area contributed by atoms with Crippen LogP contribution in [-0.2, 0) is 14.8 Å². The molecule has 2 amide bonds. The van der Waals surface area contributed by atoms with Gasteiger partial charge in [0.25, 0.3) is 5.91 Å². The number of furan rings is 1. The van der Waals surface area contributed by atoms with Crippen molar-refractivity contribution in [2.75, 3.05) is 26.2 Å². The van der Waals surface area contributed by atoms with Crippen molar-refractivity contribution in [3.05, 3.63) is 54.0 Å². The van der Waals surface area contributed by atoms with Gasteiger partial charge >= 0.3 is 0 Å². The number of hydrogen-bond acceptors (Lipinski definition) is 5. The fourth-order valence-electron chi connectivity index (χ4n) is 3.25. The number of nitrogens with one attached hydrogen (secondary N) is 2. The van der Waals surface area contributed by atoms with Crippen molar-refractivity contribution in [3.63, 3.8) is 0 Å². The number of hydrogen-bond donors (Lipinski definition) is 2. The summed E-state index contributed by atoms with van der Waals surface area (Å²) in [7, 11) is -3.58. The maximum absolute atomic E-state index is 12.4. The van der Waals surface area contributed by atoms with Gasteiger partial charge in [0.05, 0.1) is 23.3 Å². The normalized spacial score (nSPS) is 17.1. The monoisotopic (exact) mass is 419 g/mol. The molecule has 29 heavy (non-hydrogen) atoms. The molecular formula is C20H25N3O5S. The lowest BCUT2D eigenvalue weighted by molar-refractivity contribution is -0.131. The third-order valence-electron chi connectivity index (χ3n) is 4.95. The predicted molar refractivity (Wildman–Crippen MR) is 107 cm³/mol. The minimum absolute atomic E-state index is 0.0255. The van der Waals surface area contributed by atoms with Gasteiger partial charge in [0.2, 0.25) is 15.9 Å². The zero-order valence-corrected chi connectivity index (χ0v) is 17.1. The van der Waals surface area contributed by atoms with E-state index in [0.29, 0.717) is 18.7 Å². The van der Waals surface area contributed by atoms with E-state index >= 15 is 0 Å². The quantitative estimate of drug-likeness (QED) is 0.708. The predicted octanol–water partition coefficient (Wildman–Crippen LogP) is 1.53. The third-order valence-corrected chi connectivity index (χ3v) is 6.39. The Kier molecular flexibility index (Phi) is 6.71. The van der Waals surface area contributed by atoms with Gasteiger partial charge in [-0.15, -0.1) is 0 Å². The Morgan fingerprint density at radius 1 is 1.21 bits per heavy atom. The Morgan fingerprint density at radius 3 is 2.66 bits per heavy atom. The van der Waals surface area contributed by atoms with Gasteiger partial charge in [0.1, 0.15) is 6.26 Å². The lowest BCUT2D eigenvalue weighted by Gasteiger charge is -2.33. The van der Waals surface area contributed by atoms with Gasteiger partial charge in [0.15, 0.2) is 0 Å². The molecule has 1 unspecified atom stereocenters. The summed E-state index contributed by atoms with van der Waals surface area (Å²) in [6.45, 7) is 3.11. The van der Waals surface area contributed by atoms with Gasteiger partial charge in [-0.2, -0.15) is 0 Å². The van der Waals surface area contributed by atoms with Gasteiger partial charge in [-0.3, -0.25) is 9.59 Å². The number of likely N-dealkylation sites (tertiary alicyclic amines) is 1. The summed E-state index contributed by atoms with van der Waals surface area (Å²) in [5.74, 6) is -0.531. The van der Waals surface area contributed by atoms with Crippen LogP contribution in [0.3, 0.4) is 0 Å². The van der Waals surface area contributed by atoms with Crippen LogP contribution >= 0.6 is 0 Å². The van der Waals surface area contributed by atoms with Crippen LogP contribution in [0.25, 0.3) is 0 Å². The molecule has 0 aliphatic carbocycles. The second-order valence-corrected chi connectivity index (χ2v) is 8.97. The van der Waals surface area contributed by atoms with Gasteiger partial charge in [-0.1, -0.05) is 17.7 Å². The van der Waals surface area contributed by atoms with E-state index in [-0.39, 0.29) is 35.7 Å². The molecule has 9 heteroatoms. The molecule has 0 radical (unpaired) electrons. The summed E-state index contributed by atoms with van der Waals surface area (Å²) in [5.41, 5.74) is 1.35. The first-order valence-corrected chi connectivity index (χ1v) is 11.0. The second-order valence-electron chi connectivity index (χ2n) is 7.21.